The van der Waals surface area contributed by atoms with Gasteiger partial charge in [0.1, 0.15) is 17.7 Å². The molecule has 1 aliphatic rings. The first kappa shape index (κ1) is 20.0. The number of nitrogens with zero attached hydrogens (tertiary/aromatic N) is 2. The van der Waals surface area contributed by atoms with Gasteiger partial charge in [-0.3, -0.25) is 9.59 Å². The van der Waals surface area contributed by atoms with Gasteiger partial charge in [-0.25, -0.2) is 14.4 Å². The van der Waals surface area contributed by atoms with E-state index in [0.29, 0.717) is 29.1 Å². The maximum Gasteiger partial charge on any atom is 0.272 e. The molecule has 0 atom stereocenters. The fraction of sp³-hybridized carbons (Fsp3) is 0.364. The highest BCUT2D eigenvalue weighted by atomic mass is 19.1. The Bertz CT molecular complexity index is 1040. The van der Waals surface area contributed by atoms with Gasteiger partial charge in [0.05, 0.1) is 11.1 Å². The Morgan fingerprint density at radius 3 is 2.57 bits per heavy atom. The Kier molecular flexibility index (Phi) is 6.02. The summed E-state index contributed by atoms with van der Waals surface area (Å²) in [4.78, 5) is 36.5. The first-order valence-corrected chi connectivity index (χ1v) is 10.2. The minimum absolute atomic E-state index is 0.161. The third-order valence-corrected chi connectivity index (χ3v) is 5.57. The van der Waals surface area contributed by atoms with Crippen molar-refractivity contribution >= 4 is 22.8 Å². The number of fused-ring (bicyclic) bond motifs is 1. The van der Waals surface area contributed by atoms with Crippen molar-refractivity contribution in [3.63, 3.8) is 0 Å². The number of aromatic amines is 1. The zero-order valence-electron chi connectivity index (χ0n) is 16.6. The number of rotatable bonds is 6. The predicted molar refractivity (Wildman–Crippen MR) is 110 cm³/mol. The second kappa shape index (κ2) is 9.02. The van der Waals surface area contributed by atoms with Gasteiger partial charge in [-0.1, -0.05) is 31.4 Å². The van der Waals surface area contributed by atoms with E-state index in [9.17, 15) is 14.0 Å². The minimum atomic E-state index is -0.400. The van der Waals surface area contributed by atoms with Gasteiger partial charge in [0.25, 0.3) is 11.8 Å². The van der Waals surface area contributed by atoms with Crippen LogP contribution >= 0.6 is 0 Å². The van der Waals surface area contributed by atoms with Crippen LogP contribution in [0.2, 0.25) is 0 Å². The summed E-state index contributed by atoms with van der Waals surface area (Å²) in [7, 11) is 0. The Morgan fingerprint density at radius 2 is 1.80 bits per heavy atom. The summed E-state index contributed by atoms with van der Waals surface area (Å²) in [5.41, 5.74) is 2.16. The normalized spacial score (nSPS) is 14.6. The number of carbonyl (C=O) groups is 2. The van der Waals surface area contributed by atoms with E-state index >= 15 is 0 Å². The zero-order chi connectivity index (χ0) is 20.9. The van der Waals surface area contributed by atoms with Gasteiger partial charge in [-0.05, 0) is 36.5 Å². The minimum Gasteiger partial charge on any atom is -0.357 e. The summed E-state index contributed by atoms with van der Waals surface area (Å²) < 4.78 is 13.0. The number of benzene rings is 1. The fourth-order valence-corrected chi connectivity index (χ4v) is 3.88. The van der Waals surface area contributed by atoms with Crippen molar-refractivity contribution in [3.8, 4) is 0 Å². The lowest BCUT2D eigenvalue weighted by Gasteiger charge is -2.21. The number of halogens is 1. The molecular formula is C22H24FN5O2. The molecule has 0 spiro atoms. The smallest absolute Gasteiger partial charge is 0.272 e. The lowest BCUT2D eigenvalue weighted by molar-refractivity contribution is 0.0937. The van der Waals surface area contributed by atoms with Crippen LogP contribution in [0.25, 0.3) is 11.0 Å². The van der Waals surface area contributed by atoms with Crippen molar-refractivity contribution in [1.29, 1.82) is 0 Å². The molecule has 2 aromatic heterocycles. The first-order chi connectivity index (χ1) is 14.6. The SMILES string of the molecule is O=C(NCC1CCCCC1)c1c[nH]c2c(C(=O)NCc3ccc(F)cc3)ncnc12. The summed E-state index contributed by atoms with van der Waals surface area (Å²) in [5, 5.41) is 5.76. The summed E-state index contributed by atoms with van der Waals surface area (Å²) in [6, 6.07) is 5.89. The van der Waals surface area contributed by atoms with Gasteiger partial charge in [0.2, 0.25) is 0 Å². The summed E-state index contributed by atoms with van der Waals surface area (Å²) >= 11 is 0. The van der Waals surface area contributed by atoms with Gasteiger partial charge in [0, 0.05) is 19.3 Å². The van der Waals surface area contributed by atoms with E-state index in [1.54, 1.807) is 18.3 Å². The van der Waals surface area contributed by atoms with Gasteiger partial charge in [-0.15, -0.1) is 0 Å². The highest BCUT2D eigenvalue weighted by Crippen LogP contribution is 2.23. The van der Waals surface area contributed by atoms with Crippen molar-refractivity contribution < 1.29 is 14.0 Å². The number of amides is 2. The zero-order valence-corrected chi connectivity index (χ0v) is 16.6. The molecule has 156 valence electrons. The molecule has 2 amide bonds. The third-order valence-electron chi connectivity index (χ3n) is 5.57. The molecule has 0 bridgehead atoms. The van der Waals surface area contributed by atoms with Crippen molar-refractivity contribution in [1.82, 2.24) is 25.6 Å². The van der Waals surface area contributed by atoms with Crippen LogP contribution in [0.15, 0.2) is 36.8 Å². The number of hydrogen-bond donors (Lipinski definition) is 3. The Labute approximate surface area is 173 Å². The molecule has 0 unspecified atom stereocenters. The quantitative estimate of drug-likeness (QED) is 0.581. The van der Waals surface area contributed by atoms with Crippen LogP contribution in [-0.4, -0.2) is 33.3 Å². The number of carbonyl (C=O) groups excluding carboxylic acids is 2. The average molecular weight is 409 g/mol. The van der Waals surface area contributed by atoms with Crippen molar-refractivity contribution in [3.05, 3.63) is 59.4 Å². The van der Waals surface area contributed by atoms with Crippen molar-refractivity contribution in [2.75, 3.05) is 6.54 Å². The number of nitrogens with one attached hydrogen (secondary N) is 3. The molecule has 3 aromatic rings. The molecule has 0 aliphatic heterocycles. The summed E-state index contributed by atoms with van der Waals surface area (Å²) in [5.74, 6) is -0.412. The van der Waals surface area contributed by atoms with Gasteiger partial charge in [0.15, 0.2) is 5.69 Å². The van der Waals surface area contributed by atoms with E-state index in [0.717, 1.165) is 18.4 Å². The van der Waals surface area contributed by atoms with Crippen molar-refractivity contribution in [2.24, 2.45) is 5.92 Å². The largest absolute Gasteiger partial charge is 0.357 e. The maximum atomic E-state index is 13.0. The van der Waals surface area contributed by atoms with Gasteiger partial charge >= 0.3 is 0 Å². The molecule has 4 rings (SSSR count). The first-order valence-electron chi connectivity index (χ1n) is 10.2. The van der Waals surface area contributed by atoms with E-state index in [1.165, 1.54) is 37.7 Å². The van der Waals surface area contributed by atoms with Crippen LogP contribution in [0, 0.1) is 11.7 Å². The Balaban J connectivity index is 1.44. The van der Waals surface area contributed by atoms with Crippen molar-refractivity contribution in [2.45, 2.75) is 38.6 Å². The van der Waals surface area contributed by atoms with Crippen LogP contribution in [0.1, 0.15) is 58.5 Å². The molecule has 1 aromatic carbocycles. The monoisotopic (exact) mass is 409 g/mol. The van der Waals surface area contributed by atoms with Gasteiger partial charge in [-0.2, -0.15) is 0 Å². The molecule has 1 saturated carbocycles. The van der Waals surface area contributed by atoms with E-state index in [4.69, 9.17) is 0 Å². The number of H-pyrrole nitrogens is 1. The number of aromatic nitrogens is 3. The van der Waals surface area contributed by atoms with E-state index in [1.807, 2.05) is 0 Å². The van der Waals surface area contributed by atoms with Crippen LogP contribution in [0.4, 0.5) is 4.39 Å². The average Bonchev–Trinajstić information content (AvgIpc) is 3.22. The summed E-state index contributed by atoms with van der Waals surface area (Å²) in [6.07, 6.45) is 8.85. The lowest BCUT2D eigenvalue weighted by atomic mass is 9.89. The highest BCUT2D eigenvalue weighted by Gasteiger charge is 2.20. The molecule has 0 radical (unpaired) electrons. The Hall–Kier alpha value is -3.29. The molecule has 1 fully saturated rings. The predicted octanol–water partition coefficient (Wildman–Crippen LogP) is 3.34. The molecule has 3 N–H and O–H groups in total. The van der Waals surface area contributed by atoms with E-state index in [2.05, 4.69) is 25.6 Å². The third kappa shape index (κ3) is 4.48. The number of hydrogen-bond acceptors (Lipinski definition) is 4. The van der Waals surface area contributed by atoms with E-state index in [-0.39, 0.29) is 24.0 Å². The van der Waals surface area contributed by atoms with Crippen LogP contribution in [0.3, 0.4) is 0 Å². The highest BCUT2D eigenvalue weighted by molar-refractivity contribution is 6.10. The molecule has 1 aliphatic carbocycles. The van der Waals surface area contributed by atoms with Crippen LogP contribution < -0.4 is 10.6 Å². The standard InChI is InChI=1S/C22H24FN5O2/c23-16-8-6-15(7-9-16)11-26-22(30)20-19-18(27-13-28-20)17(12-24-19)21(29)25-10-14-4-2-1-3-5-14/h6-9,12-14,24H,1-5,10-11H2,(H,25,29)(H,26,30). The van der Waals surface area contributed by atoms with Crippen LogP contribution in [-0.2, 0) is 6.54 Å². The maximum absolute atomic E-state index is 13.0. The fourth-order valence-electron chi connectivity index (χ4n) is 3.88. The molecule has 30 heavy (non-hydrogen) atoms. The summed E-state index contributed by atoms with van der Waals surface area (Å²) in [6.45, 7) is 0.891. The van der Waals surface area contributed by atoms with E-state index < -0.39 is 5.91 Å². The molecule has 0 saturated heterocycles. The topological polar surface area (TPSA) is 99.8 Å². The van der Waals surface area contributed by atoms with Gasteiger partial charge < -0.3 is 15.6 Å². The molecule has 8 heteroatoms. The van der Waals surface area contributed by atoms with Crippen LogP contribution in [0.5, 0.6) is 0 Å². The lowest BCUT2D eigenvalue weighted by Crippen LogP contribution is -2.30. The molecular weight excluding hydrogens is 385 g/mol. The Morgan fingerprint density at radius 1 is 1.03 bits per heavy atom. The second-order valence-electron chi connectivity index (χ2n) is 7.67. The molecule has 2 heterocycles. The second-order valence-corrected chi connectivity index (χ2v) is 7.67. The molecule has 7 nitrogen and oxygen atoms in total.